The highest BCUT2D eigenvalue weighted by Gasteiger charge is 2.21. The number of halogens is 1. The smallest absolute Gasteiger partial charge is 0.216 e. The van der Waals surface area contributed by atoms with Gasteiger partial charge in [0.1, 0.15) is 5.82 Å². The molecule has 0 spiro atoms. The van der Waals surface area contributed by atoms with Gasteiger partial charge in [0.15, 0.2) is 5.82 Å². The second-order valence-corrected chi connectivity index (χ2v) is 7.52. The molecule has 1 N–H and O–H groups in total. The summed E-state index contributed by atoms with van der Waals surface area (Å²) in [7, 11) is 0. The van der Waals surface area contributed by atoms with E-state index in [1.807, 2.05) is 34.6 Å². The summed E-state index contributed by atoms with van der Waals surface area (Å²) < 4.78 is 17.0. The number of aromatic nitrogens is 5. The van der Waals surface area contributed by atoms with E-state index in [4.69, 9.17) is 12.2 Å². The van der Waals surface area contributed by atoms with Crippen molar-refractivity contribution in [1.29, 1.82) is 0 Å². The van der Waals surface area contributed by atoms with E-state index in [2.05, 4.69) is 20.4 Å². The van der Waals surface area contributed by atoms with Crippen molar-refractivity contribution in [2.45, 2.75) is 40.0 Å². The molecule has 0 fully saturated rings. The van der Waals surface area contributed by atoms with Crippen molar-refractivity contribution in [3.63, 3.8) is 0 Å². The molecule has 8 heteroatoms. The van der Waals surface area contributed by atoms with Crippen LogP contribution in [0.15, 0.2) is 29.4 Å². The Morgan fingerprint density at radius 2 is 1.85 bits per heavy atom. The van der Waals surface area contributed by atoms with Crippen LogP contribution < -0.4 is 0 Å². The van der Waals surface area contributed by atoms with Crippen molar-refractivity contribution in [2.75, 3.05) is 0 Å². The number of nitrogens with one attached hydrogen (secondary N) is 1. The molecule has 0 aliphatic carbocycles. The molecule has 0 saturated heterocycles. The summed E-state index contributed by atoms with van der Waals surface area (Å²) in [5.41, 5.74) is 3.21. The van der Waals surface area contributed by atoms with Crippen molar-refractivity contribution < 1.29 is 4.39 Å². The highest BCUT2D eigenvalue weighted by molar-refractivity contribution is 7.71. The molecule has 3 rings (SSSR count). The lowest BCUT2D eigenvalue weighted by Crippen LogP contribution is -2.17. The van der Waals surface area contributed by atoms with Crippen LogP contribution in [0.4, 0.5) is 4.39 Å². The fourth-order valence-corrected chi connectivity index (χ4v) is 2.85. The highest BCUT2D eigenvalue weighted by atomic mass is 32.1. The Kier molecular flexibility index (Phi) is 4.62. The number of aromatic amines is 1. The van der Waals surface area contributed by atoms with Crippen LogP contribution in [-0.2, 0) is 5.41 Å². The average molecular weight is 372 g/mol. The Labute approximate surface area is 156 Å². The van der Waals surface area contributed by atoms with Gasteiger partial charge in [0, 0.05) is 11.0 Å². The summed E-state index contributed by atoms with van der Waals surface area (Å²) in [4.78, 5) is 0. The number of nitrogens with zero attached hydrogens (tertiary/aromatic N) is 5. The summed E-state index contributed by atoms with van der Waals surface area (Å²) >= 11 is 5.29. The van der Waals surface area contributed by atoms with Crippen molar-refractivity contribution in [3.8, 4) is 5.69 Å². The standard InChI is InChI=1S/C18H21FN6S/c1-11-15(10-20-25-16(18(3,4)5)21-22-17(25)26)12(2)24(23-11)14-8-6-13(19)7-9-14/h6-10H,1-5H3,(H,22,26)/b20-10-. The second kappa shape index (κ2) is 6.60. The minimum Gasteiger partial charge on any atom is -0.250 e. The van der Waals surface area contributed by atoms with E-state index in [1.54, 1.807) is 27.7 Å². The van der Waals surface area contributed by atoms with Crippen molar-refractivity contribution >= 4 is 18.4 Å². The Balaban J connectivity index is 2.02. The molecular weight excluding hydrogens is 351 g/mol. The minimum absolute atomic E-state index is 0.201. The molecule has 0 aliphatic heterocycles. The van der Waals surface area contributed by atoms with Gasteiger partial charge < -0.3 is 0 Å². The third-order valence-electron chi connectivity index (χ3n) is 4.04. The molecule has 0 radical (unpaired) electrons. The highest BCUT2D eigenvalue weighted by Crippen LogP contribution is 2.21. The zero-order valence-corrected chi connectivity index (χ0v) is 16.2. The van der Waals surface area contributed by atoms with Gasteiger partial charge in [-0.05, 0) is 50.3 Å². The van der Waals surface area contributed by atoms with Gasteiger partial charge in [-0.15, -0.1) is 0 Å². The van der Waals surface area contributed by atoms with Crippen LogP contribution in [-0.4, -0.2) is 30.9 Å². The van der Waals surface area contributed by atoms with Crippen molar-refractivity contribution in [3.05, 3.63) is 57.6 Å². The maximum absolute atomic E-state index is 13.2. The predicted octanol–water partition coefficient (Wildman–Crippen LogP) is 4.06. The Morgan fingerprint density at radius 3 is 2.46 bits per heavy atom. The Bertz CT molecular complexity index is 1020. The number of rotatable bonds is 3. The first-order chi connectivity index (χ1) is 12.2. The topological polar surface area (TPSA) is 63.8 Å². The monoisotopic (exact) mass is 372 g/mol. The molecule has 3 aromatic rings. The molecule has 0 atom stereocenters. The van der Waals surface area contributed by atoms with Crippen LogP contribution in [0.25, 0.3) is 5.69 Å². The maximum Gasteiger partial charge on any atom is 0.216 e. The third-order valence-corrected chi connectivity index (χ3v) is 4.31. The lowest BCUT2D eigenvalue weighted by molar-refractivity contribution is 0.516. The number of H-pyrrole nitrogens is 1. The number of aryl methyl sites for hydroxylation is 1. The van der Waals surface area contributed by atoms with Crippen molar-refractivity contribution in [1.82, 2.24) is 24.7 Å². The van der Waals surface area contributed by atoms with E-state index in [-0.39, 0.29) is 11.2 Å². The number of benzene rings is 1. The Morgan fingerprint density at radius 1 is 1.19 bits per heavy atom. The van der Waals surface area contributed by atoms with Gasteiger partial charge in [-0.1, -0.05) is 20.8 Å². The number of hydrogen-bond donors (Lipinski definition) is 1. The molecule has 2 heterocycles. The Hall–Kier alpha value is -2.61. The quantitative estimate of drug-likeness (QED) is 0.557. The van der Waals surface area contributed by atoms with E-state index in [1.165, 1.54) is 12.1 Å². The van der Waals surface area contributed by atoms with Crippen LogP contribution in [0.5, 0.6) is 0 Å². The average Bonchev–Trinajstić information content (AvgIpc) is 3.07. The first-order valence-corrected chi connectivity index (χ1v) is 8.63. The SMILES string of the molecule is Cc1nn(-c2ccc(F)cc2)c(C)c1/C=N\n1c(C(C)(C)C)n[nH]c1=S. The first kappa shape index (κ1) is 18.2. The van der Waals surface area contributed by atoms with E-state index < -0.39 is 0 Å². The van der Waals surface area contributed by atoms with E-state index in [0.717, 1.165) is 28.5 Å². The van der Waals surface area contributed by atoms with Gasteiger partial charge in [0.05, 0.1) is 23.3 Å². The normalized spacial score (nSPS) is 12.2. The molecule has 1 aromatic carbocycles. The van der Waals surface area contributed by atoms with E-state index in [9.17, 15) is 4.39 Å². The van der Waals surface area contributed by atoms with Crippen molar-refractivity contribution in [2.24, 2.45) is 5.10 Å². The molecule has 6 nitrogen and oxygen atoms in total. The summed E-state index contributed by atoms with van der Waals surface area (Å²) in [6, 6.07) is 6.22. The fraction of sp³-hybridized carbons (Fsp3) is 0.333. The maximum atomic E-state index is 13.2. The number of hydrogen-bond acceptors (Lipinski definition) is 4. The molecule has 0 aliphatic rings. The molecule has 0 bridgehead atoms. The predicted molar refractivity (Wildman–Crippen MR) is 102 cm³/mol. The van der Waals surface area contributed by atoms with Gasteiger partial charge in [-0.3, -0.25) is 5.10 Å². The summed E-state index contributed by atoms with van der Waals surface area (Å²) in [6.45, 7) is 10.0. The van der Waals surface area contributed by atoms with E-state index in [0.29, 0.717) is 4.77 Å². The van der Waals surface area contributed by atoms with Gasteiger partial charge in [-0.25, -0.2) is 9.07 Å². The zero-order valence-electron chi connectivity index (χ0n) is 15.4. The van der Waals surface area contributed by atoms with Crippen LogP contribution in [0.3, 0.4) is 0 Å². The lowest BCUT2D eigenvalue weighted by Gasteiger charge is -2.15. The van der Waals surface area contributed by atoms with Crippen LogP contribution in [0.1, 0.15) is 43.5 Å². The molecule has 2 aromatic heterocycles. The summed E-state index contributed by atoms with van der Waals surface area (Å²) in [5.74, 6) is 0.473. The first-order valence-electron chi connectivity index (χ1n) is 8.23. The van der Waals surface area contributed by atoms with Crippen LogP contribution in [0, 0.1) is 24.4 Å². The van der Waals surface area contributed by atoms with Gasteiger partial charge in [-0.2, -0.15) is 20.0 Å². The van der Waals surface area contributed by atoms with Gasteiger partial charge in [0.2, 0.25) is 4.77 Å². The van der Waals surface area contributed by atoms with Gasteiger partial charge in [0.25, 0.3) is 0 Å². The molecule has 26 heavy (non-hydrogen) atoms. The van der Waals surface area contributed by atoms with Gasteiger partial charge >= 0.3 is 0 Å². The van der Waals surface area contributed by atoms with E-state index >= 15 is 0 Å². The molecule has 0 saturated carbocycles. The fourth-order valence-electron chi connectivity index (χ4n) is 2.67. The third kappa shape index (κ3) is 3.37. The summed E-state index contributed by atoms with van der Waals surface area (Å²) in [5, 5.41) is 16.1. The second-order valence-electron chi connectivity index (χ2n) is 7.13. The zero-order chi connectivity index (χ0) is 19.1. The molecule has 136 valence electrons. The minimum atomic E-state index is -0.277. The molecule has 0 amide bonds. The summed E-state index contributed by atoms with van der Waals surface area (Å²) in [6.07, 6.45) is 1.73. The van der Waals surface area contributed by atoms with Crippen LogP contribution >= 0.6 is 12.2 Å². The molecular formula is C18H21FN6S. The largest absolute Gasteiger partial charge is 0.250 e. The van der Waals surface area contributed by atoms with Crippen LogP contribution in [0.2, 0.25) is 0 Å². The molecule has 0 unspecified atom stereocenters. The lowest BCUT2D eigenvalue weighted by atomic mass is 9.96.